The lowest BCUT2D eigenvalue weighted by atomic mass is 10.2. The Hall–Kier alpha value is -1.03. The summed E-state index contributed by atoms with van der Waals surface area (Å²) in [6, 6.07) is 5.42. The van der Waals surface area contributed by atoms with Gasteiger partial charge in [0.15, 0.2) is 0 Å². The van der Waals surface area contributed by atoms with Crippen molar-refractivity contribution >= 4 is 22.1 Å². The smallest absolute Gasteiger partial charge is 0.120 e. The minimum absolute atomic E-state index is 0.722. The zero-order valence-electron chi connectivity index (χ0n) is 6.49. The highest BCUT2D eigenvalue weighted by molar-refractivity contribution is 9.10. The summed E-state index contributed by atoms with van der Waals surface area (Å²) in [6.45, 7) is 0. The Bertz CT molecular complexity index is 299. The van der Waals surface area contributed by atoms with Gasteiger partial charge in [-0.2, -0.15) is 0 Å². The van der Waals surface area contributed by atoms with E-state index in [0.717, 1.165) is 15.8 Å². The van der Waals surface area contributed by atoms with E-state index in [1.807, 2.05) is 12.1 Å². The van der Waals surface area contributed by atoms with Crippen molar-refractivity contribution in [2.75, 3.05) is 7.11 Å². The Balaban J connectivity index is 3.06. The van der Waals surface area contributed by atoms with Gasteiger partial charge in [0, 0.05) is 10.0 Å². The largest absolute Gasteiger partial charge is 0.497 e. The molecule has 0 radical (unpaired) electrons. The molecule has 0 bridgehead atoms. The molecule has 0 heterocycles. The standard InChI is InChI=1S/C8H8BrNO2/c1-12-8-3-6(5-10-11)2-7(9)4-8/h2-5,11H,1H3/b10-5-. The molecule has 1 aromatic rings. The predicted molar refractivity (Wildman–Crippen MR) is 50.1 cm³/mol. The summed E-state index contributed by atoms with van der Waals surface area (Å²) in [7, 11) is 1.58. The summed E-state index contributed by atoms with van der Waals surface area (Å²) in [5.74, 6) is 0.722. The van der Waals surface area contributed by atoms with E-state index >= 15 is 0 Å². The third kappa shape index (κ3) is 2.23. The van der Waals surface area contributed by atoms with Crippen molar-refractivity contribution < 1.29 is 9.94 Å². The van der Waals surface area contributed by atoms with Crippen LogP contribution in [0, 0.1) is 0 Å². The normalized spacial score (nSPS) is 10.5. The number of hydrogen-bond acceptors (Lipinski definition) is 3. The SMILES string of the molecule is COc1cc(Br)cc(/C=N\O)c1. The highest BCUT2D eigenvalue weighted by atomic mass is 79.9. The number of benzene rings is 1. The van der Waals surface area contributed by atoms with E-state index in [-0.39, 0.29) is 0 Å². The molecule has 0 saturated heterocycles. The molecule has 0 fully saturated rings. The maximum absolute atomic E-state index is 8.29. The van der Waals surface area contributed by atoms with Crippen LogP contribution in [0.3, 0.4) is 0 Å². The van der Waals surface area contributed by atoms with Crippen molar-refractivity contribution in [2.24, 2.45) is 5.16 Å². The zero-order chi connectivity index (χ0) is 8.97. The van der Waals surface area contributed by atoms with Gasteiger partial charge in [0.2, 0.25) is 0 Å². The van der Waals surface area contributed by atoms with E-state index in [2.05, 4.69) is 21.1 Å². The van der Waals surface area contributed by atoms with Crippen molar-refractivity contribution in [3.63, 3.8) is 0 Å². The first-order chi connectivity index (χ1) is 5.76. The zero-order valence-corrected chi connectivity index (χ0v) is 8.08. The summed E-state index contributed by atoms with van der Waals surface area (Å²) >= 11 is 3.30. The van der Waals surface area contributed by atoms with Gasteiger partial charge in [-0.3, -0.25) is 0 Å². The molecule has 0 atom stereocenters. The molecule has 1 N–H and O–H groups in total. The molecule has 3 nitrogen and oxygen atoms in total. The molecule has 0 aliphatic heterocycles. The number of rotatable bonds is 2. The van der Waals surface area contributed by atoms with Crippen LogP contribution in [-0.2, 0) is 0 Å². The van der Waals surface area contributed by atoms with Crippen LogP contribution in [0.25, 0.3) is 0 Å². The first kappa shape index (κ1) is 9.06. The lowest BCUT2D eigenvalue weighted by molar-refractivity contribution is 0.322. The van der Waals surface area contributed by atoms with Crippen molar-refractivity contribution in [1.82, 2.24) is 0 Å². The highest BCUT2D eigenvalue weighted by Crippen LogP contribution is 2.19. The maximum Gasteiger partial charge on any atom is 0.120 e. The number of halogens is 1. The van der Waals surface area contributed by atoms with Crippen LogP contribution in [0.15, 0.2) is 27.8 Å². The van der Waals surface area contributed by atoms with Crippen LogP contribution in [0.2, 0.25) is 0 Å². The average molecular weight is 230 g/mol. The molecule has 4 heteroatoms. The number of hydrogen-bond donors (Lipinski definition) is 1. The van der Waals surface area contributed by atoms with Gasteiger partial charge in [0.25, 0.3) is 0 Å². The second-order valence-electron chi connectivity index (χ2n) is 2.17. The molecule has 1 rings (SSSR count). The average Bonchev–Trinajstić information content (AvgIpc) is 2.04. The fourth-order valence-electron chi connectivity index (χ4n) is 0.843. The topological polar surface area (TPSA) is 41.8 Å². The van der Waals surface area contributed by atoms with Crippen LogP contribution >= 0.6 is 15.9 Å². The Labute approximate surface area is 78.8 Å². The third-order valence-electron chi connectivity index (χ3n) is 1.34. The van der Waals surface area contributed by atoms with Gasteiger partial charge in [-0.25, -0.2) is 0 Å². The summed E-state index contributed by atoms with van der Waals surface area (Å²) in [5.41, 5.74) is 0.781. The summed E-state index contributed by atoms with van der Waals surface area (Å²) in [6.07, 6.45) is 1.34. The number of methoxy groups -OCH3 is 1. The number of oxime groups is 1. The minimum atomic E-state index is 0.722. The monoisotopic (exact) mass is 229 g/mol. The molecule has 0 unspecified atom stereocenters. The van der Waals surface area contributed by atoms with Crippen LogP contribution in [0.4, 0.5) is 0 Å². The first-order valence-corrected chi connectivity index (χ1v) is 4.07. The van der Waals surface area contributed by atoms with Gasteiger partial charge in [-0.15, -0.1) is 0 Å². The van der Waals surface area contributed by atoms with Gasteiger partial charge in [-0.1, -0.05) is 21.1 Å². The summed E-state index contributed by atoms with van der Waals surface area (Å²) in [4.78, 5) is 0. The molecule has 0 aromatic heterocycles. The molecule has 0 spiro atoms. The molecular formula is C8H8BrNO2. The molecule has 12 heavy (non-hydrogen) atoms. The summed E-state index contributed by atoms with van der Waals surface area (Å²) in [5, 5.41) is 11.2. The van der Waals surface area contributed by atoms with E-state index < -0.39 is 0 Å². The molecule has 64 valence electrons. The Kier molecular flexibility index (Phi) is 3.10. The lowest BCUT2D eigenvalue weighted by Crippen LogP contribution is -1.86. The maximum atomic E-state index is 8.29. The van der Waals surface area contributed by atoms with Crippen LogP contribution < -0.4 is 4.74 Å². The molecule has 0 aliphatic rings. The molecule has 1 aromatic carbocycles. The quantitative estimate of drug-likeness (QED) is 0.481. The van der Waals surface area contributed by atoms with Crippen molar-refractivity contribution in [1.29, 1.82) is 0 Å². The van der Waals surface area contributed by atoms with Gasteiger partial charge in [-0.05, 0) is 18.2 Å². The van der Waals surface area contributed by atoms with Gasteiger partial charge < -0.3 is 9.94 Å². The predicted octanol–water partition coefficient (Wildman–Crippen LogP) is 2.27. The highest BCUT2D eigenvalue weighted by Gasteiger charge is 1.96. The number of ether oxygens (including phenoxy) is 1. The Morgan fingerprint density at radius 1 is 1.50 bits per heavy atom. The van der Waals surface area contributed by atoms with E-state index in [1.54, 1.807) is 13.2 Å². The fourth-order valence-corrected chi connectivity index (χ4v) is 1.33. The Morgan fingerprint density at radius 2 is 2.25 bits per heavy atom. The molecular weight excluding hydrogens is 222 g/mol. The second kappa shape index (κ2) is 4.11. The van der Waals surface area contributed by atoms with Crippen molar-refractivity contribution in [3.8, 4) is 5.75 Å². The number of nitrogens with zero attached hydrogens (tertiary/aromatic N) is 1. The van der Waals surface area contributed by atoms with Gasteiger partial charge in [0.05, 0.1) is 13.3 Å². The van der Waals surface area contributed by atoms with E-state index in [1.165, 1.54) is 6.21 Å². The van der Waals surface area contributed by atoms with Gasteiger partial charge >= 0.3 is 0 Å². The minimum Gasteiger partial charge on any atom is -0.497 e. The van der Waals surface area contributed by atoms with E-state index in [4.69, 9.17) is 9.94 Å². The van der Waals surface area contributed by atoms with E-state index in [0.29, 0.717) is 0 Å². The fraction of sp³-hybridized carbons (Fsp3) is 0.125. The third-order valence-corrected chi connectivity index (χ3v) is 1.79. The van der Waals surface area contributed by atoms with Crippen molar-refractivity contribution in [3.05, 3.63) is 28.2 Å². The van der Waals surface area contributed by atoms with Gasteiger partial charge in [0.1, 0.15) is 5.75 Å². The molecule has 0 amide bonds. The molecule has 0 aliphatic carbocycles. The Morgan fingerprint density at radius 3 is 2.83 bits per heavy atom. The first-order valence-electron chi connectivity index (χ1n) is 3.28. The van der Waals surface area contributed by atoms with Crippen LogP contribution in [-0.4, -0.2) is 18.5 Å². The lowest BCUT2D eigenvalue weighted by Gasteiger charge is -2.01. The van der Waals surface area contributed by atoms with Crippen LogP contribution in [0.5, 0.6) is 5.75 Å². The van der Waals surface area contributed by atoms with Crippen molar-refractivity contribution in [2.45, 2.75) is 0 Å². The van der Waals surface area contributed by atoms with E-state index in [9.17, 15) is 0 Å². The summed E-state index contributed by atoms with van der Waals surface area (Å²) < 4.78 is 5.89. The van der Waals surface area contributed by atoms with Crippen LogP contribution in [0.1, 0.15) is 5.56 Å². The molecule has 0 saturated carbocycles. The second-order valence-corrected chi connectivity index (χ2v) is 3.08.